The van der Waals surface area contributed by atoms with Gasteiger partial charge in [-0.1, -0.05) is 17.3 Å². The summed E-state index contributed by atoms with van der Waals surface area (Å²) in [6, 6.07) is 6.09. The predicted octanol–water partition coefficient (Wildman–Crippen LogP) is 3.04. The molecule has 3 saturated carbocycles. The maximum atomic E-state index is 12.4. The first-order chi connectivity index (χ1) is 10.8. The number of halogens is 3. The smallest absolute Gasteiger partial charge is 0.347 e. The van der Waals surface area contributed by atoms with E-state index in [1.165, 1.54) is 12.1 Å². The summed E-state index contributed by atoms with van der Waals surface area (Å²) >= 11 is 0. The van der Waals surface area contributed by atoms with Gasteiger partial charge in [-0.25, -0.2) is 0 Å². The Morgan fingerprint density at radius 2 is 1.87 bits per heavy atom. The van der Waals surface area contributed by atoms with E-state index in [0.717, 1.165) is 25.2 Å². The zero-order valence-corrected chi connectivity index (χ0v) is 11.9. The van der Waals surface area contributed by atoms with Crippen LogP contribution in [0.1, 0.15) is 35.5 Å². The van der Waals surface area contributed by atoms with E-state index in [0.29, 0.717) is 11.1 Å². The molecule has 0 radical (unpaired) electrons. The van der Waals surface area contributed by atoms with Crippen LogP contribution in [0.15, 0.2) is 28.8 Å². The third-order valence-corrected chi connectivity index (χ3v) is 4.49. The molecule has 23 heavy (non-hydrogen) atoms. The quantitative estimate of drug-likeness (QED) is 0.943. The Kier molecular flexibility index (Phi) is 2.82. The molecular weight excluding hydrogens is 311 g/mol. The van der Waals surface area contributed by atoms with Gasteiger partial charge in [0.2, 0.25) is 5.82 Å². The van der Waals surface area contributed by atoms with Gasteiger partial charge in [0.25, 0.3) is 5.91 Å². The average molecular weight is 323 g/mol. The second-order valence-corrected chi connectivity index (χ2v) is 6.21. The average Bonchev–Trinajstić information content (AvgIpc) is 2.91. The molecule has 3 aliphatic rings. The van der Waals surface area contributed by atoms with Crippen LogP contribution in [0.5, 0.6) is 0 Å². The van der Waals surface area contributed by atoms with Gasteiger partial charge in [-0.15, -0.1) is 0 Å². The van der Waals surface area contributed by atoms with E-state index in [1.54, 1.807) is 12.1 Å². The summed E-state index contributed by atoms with van der Waals surface area (Å²) in [4.78, 5) is 15.5. The first-order valence-corrected chi connectivity index (χ1v) is 7.19. The molecule has 2 aromatic rings. The van der Waals surface area contributed by atoms with E-state index < -0.39 is 12.1 Å². The topological polar surface area (TPSA) is 68.0 Å². The molecular formula is C15H12F3N3O2. The van der Waals surface area contributed by atoms with Crippen molar-refractivity contribution in [1.82, 2.24) is 15.5 Å². The highest BCUT2D eigenvalue weighted by Gasteiger charge is 2.57. The number of hydrogen-bond acceptors (Lipinski definition) is 4. The van der Waals surface area contributed by atoms with Crippen LogP contribution >= 0.6 is 0 Å². The van der Waals surface area contributed by atoms with Gasteiger partial charge in [0.05, 0.1) is 0 Å². The molecule has 0 spiro atoms. The van der Waals surface area contributed by atoms with Gasteiger partial charge in [0.15, 0.2) is 0 Å². The number of amides is 1. The standard InChI is InChI=1S/C15H12F3N3O2/c16-15(17,18)13-19-11(21-23-13)9-1-3-10(4-2-9)12(22)20-14-5-8(6-14)7-14/h1-4,8H,5-7H2,(H,20,22). The molecule has 1 heterocycles. The number of nitrogens with one attached hydrogen (secondary N) is 1. The molecule has 0 aliphatic heterocycles. The molecule has 8 heteroatoms. The van der Waals surface area contributed by atoms with Crippen LogP contribution in [0.4, 0.5) is 13.2 Å². The molecule has 1 aromatic heterocycles. The van der Waals surface area contributed by atoms with Crippen molar-refractivity contribution in [2.75, 3.05) is 0 Å². The summed E-state index contributed by atoms with van der Waals surface area (Å²) in [6.07, 6.45) is -1.55. The Morgan fingerprint density at radius 3 is 2.35 bits per heavy atom. The molecule has 2 bridgehead atoms. The highest BCUT2D eigenvalue weighted by Crippen LogP contribution is 2.56. The summed E-state index contributed by atoms with van der Waals surface area (Å²) in [6.45, 7) is 0. The predicted molar refractivity (Wildman–Crippen MR) is 72.3 cm³/mol. The van der Waals surface area contributed by atoms with Crippen LogP contribution in [0.25, 0.3) is 11.4 Å². The lowest BCUT2D eigenvalue weighted by Crippen LogP contribution is -2.68. The number of benzene rings is 1. The number of rotatable bonds is 3. The summed E-state index contributed by atoms with van der Waals surface area (Å²) < 4.78 is 41.5. The van der Waals surface area contributed by atoms with Crippen LogP contribution in [0.2, 0.25) is 0 Å². The van der Waals surface area contributed by atoms with Crippen molar-refractivity contribution in [3.63, 3.8) is 0 Å². The van der Waals surface area contributed by atoms with Crippen molar-refractivity contribution < 1.29 is 22.5 Å². The van der Waals surface area contributed by atoms with Crippen molar-refractivity contribution in [3.05, 3.63) is 35.7 Å². The first-order valence-electron chi connectivity index (χ1n) is 7.19. The lowest BCUT2D eigenvalue weighted by molar-refractivity contribution is -0.159. The maximum Gasteiger partial charge on any atom is 0.471 e. The molecule has 120 valence electrons. The summed E-state index contributed by atoms with van der Waals surface area (Å²) in [5.74, 6) is -0.959. The fourth-order valence-corrected chi connectivity index (χ4v) is 3.17. The normalized spacial score (nSPS) is 25.4. The molecule has 0 saturated heterocycles. The Balaban J connectivity index is 1.49. The first kappa shape index (κ1) is 14.2. The second kappa shape index (κ2) is 4.56. The second-order valence-electron chi connectivity index (χ2n) is 6.21. The molecule has 1 aromatic carbocycles. The van der Waals surface area contributed by atoms with E-state index >= 15 is 0 Å². The summed E-state index contributed by atoms with van der Waals surface area (Å²) in [5.41, 5.74) is 0.791. The van der Waals surface area contributed by atoms with Crippen LogP contribution in [0, 0.1) is 5.92 Å². The van der Waals surface area contributed by atoms with Crippen molar-refractivity contribution in [2.24, 2.45) is 5.92 Å². The van der Waals surface area contributed by atoms with Crippen molar-refractivity contribution in [1.29, 1.82) is 0 Å². The Morgan fingerprint density at radius 1 is 1.22 bits per heavy atom. The largest absolute Gasteiger partial charge is 0.471 e. The fraction of sp³-hybridized carbons (Fsp3) is 0.400. The number of carbonyl (C=O) groups excluding carboxylic acids is 1. The molecule has 0 unspecified atom stereocenters. The summed E-state index contributed by atoms with van der Waals surface area (Å²) in [5, 5.41) is 6.33. The fourth-order valence-electron chi connectivity index (χ4n) is 3.17. The summed E-state index contributed by atoms with van der Waals surface area (Å²) in [7, 11) is 0. The van der Waals surface area contributed by atoms with E-state index in [4.69, 9.17) is 0 Å². The lowest BCUT2D eigenvalue weighted by Gasteiger charge is -2.61. The number of aromatic nitrogens is 2. The number of nitrogens with zero attached hydrogens (tertiary/aromatic N) is 2. The van der Waals surface area contributed by atoms with Crippen LogP contribution in [-0.4, -0.2) is 21.6 Å². The van der Waals surface area contributed by atoms with Gasteiger partial charge in [0.1, 0.15) is 0 Å². The minimum atomic E-state index is -4.67. The van der Waals surface area contributed by atoms with Gasteiger partial charge < -0.3 is 9.84 Å². The van der Waals surface area contributed by atoms with Crippen molar-refractivity contribution >= 4 is 5.91 Å². The minimum absolute atomic E-state index is 0.0182. The molecule has 1 amide bonds. The van der Waals surface area contributed by atoms with Crippen molar-refractivity contribution in [2.45, 2.75) is 31.0 Å². The molecule has 1 N–H and O–H groups in total. The zero-order chi connectivity index (χ0) is 16.2. The van der Waals surface area contributed by atoms with E-state index in [2.05, 4.69) is 20.0 Å². The Hall–Kier alpha value is -2.38. The van der Waals surface area contributed by atoms with Gasteiger partial charge in [0, 0.05) is 16.7 Å². The van der Waals surface area contributed by atoms with Crippen LogP contribution < -0.4 is 5.32 Å². The molecule has 5 nitrogen and oxygen atoms in total. The molecule has 3 aliphatic carbocycles. The highest BCUT2D eigenvalue weighted by molar-refractivity contribution is 5.95. The molecule has 5 rings (SSSR count). The van der Waals surface area contributed by atoms with E-state index in [1.807, 2.05) is 0 Å². The zero-order valence-electron chi connectivity index (χ0n) is 11.9. The number of hydrogen-bond donors (Lipinski definition) is 1. The van der Waals surface area contributed by atoms with E-state index in [-0.39, 0.29) is 17.3 Å². The van der Waals surface area contributed by atoms with Gasteiger partial charge >= 0.3 is 12.1 Å². The van der Waals surface area contributed by atoms with Crippen molar-refractivity contribution in [3.8, 4) is 11.4 Å². The third kappa shape index (κ3) is 2.38. The highest BCUT2D eigenvalue weighted by atomic mass is 19.4. The number of alkyl halides is 3. The van der Waals surface area contributed by atoms with Gasteiger partial charge in [-0.3, -0.25) is 4.79 Å². The van der Waals surface area contributed by atoms with Gasteiger partial charge in [-0.05, 0) is 37.3 Å². The van der Waals surface area contributed by atoms with Crippen LogP contribution in [0.3, 0.4) is 0 Å². The lowest BCUT2D eigenvalue weighted by atomic mass is 9.50. The third-order valence-electron chi connectivity index (χ3n) is 4.49. The minimum Gasteiger partial charge on any atom is -0.347 e. The van der Waals surface area contributed by atoms with E-state index in [9.17, 15) is 18.0 Å². The molecule has 0 atom stereocenters. The Bertz CT molecular complexity index is 750. The SMILES string of the molecule is O=C(NC12CC(C1)C2)c1ccc(-c2noc(C(F)(F)F)n2)cc1. The molecule has 3 fully saturated rings. The van der Waals surface area contributed by atoms with Gasteiger partial charge in [-0.2, -0.15) is 18.2 Å². The monoisotopic (exact) mass is 323 g/mol. The Labute approximate surface area is 128 Å². The number of carbonyl (C=O) groups is 1. The maximum absolute atomic E-state index is 12.4. The van der Waals surface area contributed by atoms with Crippen LogP contribution in [-0.2, 0) is 6.18 Å².